The molecule has 1 saturated carbocycles. The topological polar surface area (TPSA) is 192 Å². The normalized spacial score (nSPS) is 17.2. The van der Waals surface area contributed by atoms with Crippen LogP contribution >= 0.6 is 0 Å². The number of carbonyl (C=O) groups is 4. The molecule has 9 N–H and O–H groups in total. The SMILES string of the molecule is CC(=O)N[C@H](C(=O)N[C@@H](CCCNC(=N)N)C(=O)NC1(C(N)=O)CCCCC1)C(C)C. The van der Waals surface area contributed by atoms with Crippen molar-refractivity contribution in [3.63, 3.8) is 0 Å². The van der Waals surface area contributed by atoms with Crippen LogP contribution in [0.1, 0.15) is 65.7 Å². The van der Waals surface area contributed by atoms with Gasteiger partial charge in [-0.1, -0.05) is 33.1 Å². The van der Waals surface area contributed by atoms with Gasteiger partial charge in [0.05, 0.1) is 0 Å². The number of guanidine groups is 1. The third-order valence-electron chi connectivity index (χ3n) is 5.47. The number of primary amides is 1. The molecule has 0 aromatic heterocycles. The highest BCUT2D eigenvalue weighted by atomic mass is 16.2. The number of amides is 4. The summed E-state index contributed by atoms with van der Waals surface area (Å²) >= 11 is 0. The van der Waals surface area contributed by atoms with E-state index in [2.05, 4.69) is 21.3 Å². The lowest BCUT2D eigenvalue weighted by Gasteiger charge is -2.36. The maximum Gasteiger partial charge on any atom is 0.243 e. The second-order valence-electron chi connectivity index (χ2n) is 8.46. The van der Waals surface area contributed by atoms with Crippen molar-refractivity contribution in [1.29, 1.82) is 5.41 Å². The Morgan fingerprint density at radius 2 is 1.61 bits per heavy atom. The third-order valence-corrected chi connectivity index (χ3v) is 5.47. The van der Waals surface area contributed by atoms with Crippen molar-refractivity contribution in [2.75, 3.05) is 6.54 Å². The Morgan fingerprint density at radius 3 is 2.10 bits per heavy atom. The van der Waals surface area contributed by atoms with Crippen molar-refractivity contribution >= 4 is 29.6 Å². The highest BCUT2D eigenvalue weighted by Gasteiger charge is 2.41. The van der Waals surface area contributed by atoms with Crippen LogP contribution in [0.25, 0.3) is 0 Å². The lowest BCUT2D eigenvalue weighted by Crippen LogP contribution is -2.63. The van der Waals surface area contributed by atoms with E-state index in [1.807, 2.05) is 0 Å². The zero-order valence-electron chi connectivity index (χ0n) is 18.7. The van der Waals surface area contributed by atoms with E-state index in [4.69, 9.17) is 16.9 Å². The molecule has 0 aromatic carbocycles. The van der Waals surface area contributed by atoms with Gasteiger partial charge in [0.25, 0.3) is 0 Å². The summed E-state index contributed by atoms with van der Waals surface area (Å²) in [5.74, 6) is -2.30. The number of hydrogen-bond acceptors (Lipinski definition) is 5. The molecule has 0 aromatic rings. The summed E-state index contributed by atoms with van der Waals surface area (Å²) in [5, 5.41) is 18.0. The Hall–Kier alpha value is -2.85. The molecule has 0 saturated heterocycles. The van der Waals surface area contributed by atoms with Gasteiger partial charge in [-0.15, -0.1) is 0 Å². The first kappa shape index (κ1) is 26.2. The Labute approximate surface area is 183 Å². The standard InChI is InChI=1S/C20H37N7O4/c1-12(2)15(25-13(3)28)17(30)26-14(8-7-11-24-19(22)23)16(29)27-20(18(21)31)9-5-4-6-10-20/h12,14-15H,4-11H2,1-3H3,(H2,21,31)(H,25,28)(H,26,30)(H,27,29)(H4,22,23,24)/t14-,15-/m0/s1. The Bertz CT molecular complexity index is 674. The predicted octanol–water partition coefficient (Wildman–Crippen LogP) is -0.800. The number of nitrogens with two attached hydrogens (primary N) is 2. The lowest BCUT2D eigenvalue weighted by atomic mass is 9.80. The molecule has 0 unspecified atom stereocenters. The van der Waals surface area contributed by atoms with E-state index >= 15 is 0 Å². The van der Waals surface area contributed by atoms with Crippen molar-refractivity contribution in [1.82, 2.24) is 21.3 Å². The maximum absolute atomic E-state index is 13.1. The summed E-state index contributed by atoms with van der Waals surface area (Å²) in [6.07, 6.45) is 4.13. The molecule has 1 aliphatic carbocycles. The van der Waals surface area contributed by atoms with Crippen LogP contribution in [0.3, 0.4) is 0 Å². The molecule has 0 heterocycles. The van der Waals surface area contributed by atoms with E-state index in [0.717, 1.165) is 19.3 Å². The molecular formula is C20H37N7O4. The van der Waals surface area contributed by atoms with Gasteiger partial charge >= 0.3 is 0 Å². The number of hydrogen-bond donors (Lipinski definition) is 7. The molecule has 1 rings (SSSR count). The molecule has 2 atom stereocenters. The highest BCUT2D eigenvalue weighted by molar-refractivity contribution is 5.95. The predicted molar refractivity (Wildman–Crippen MR) is 117 cm³/mol. The fourth-order valence-corrected chi connectivity index (χ4v) is 3.72. The summed E-state index contributed by atoms with van der Waals surface area (Å²) in [6, 6.07) is -1.74. The first-order chi connectivity index (χ1) is 14.5. The van der Waals surface area contributed by atoms with Gasteiger partial charge in [0.1, 0.15) is 17.6 Å². The lowest BCUT2D eigenvalue weighted by molar-refractivity contribution is -0.136. The summed E-state index contributed by atoms with van der Waals surface area (Å²) < 4.78 is 0. The van der Waals surface area contributed by atoms with E-state index in [-0.39, 0.29) is 24.2 Å². The first-order valence-electron chi connectivity index (χ1n) is 10.8. The largest absolute Gasteiger partial charge is 0.370 e. The summed E-state index contributed by atoms with van der Waals surface area (Å²) in [5.41, 5.74) is 9.77. The van der Waals surface area contributed by atoms with Crippen LogP contribution in [-0.4, -0.2) is 53.8 Å². The fourth-order valence-electron chi connectivity index (χ4n) is 3.72. The Kier molecular flexibility index (Phi) is 10.2. The van der Waals surface area contributed by atoms with Gasteiger partial charge in [-0.3, -0.25) is 24.6 Å². The van der Waals surface area contributed by atoms with Crippen LogP contribution in [0.15, 0.2) is 0 Å². The molecule has 4 amide bonds. The summed E-state index contributed by atoms with van der Waals surface area (Å²) in [4.78, 5) is 49.5. The van der Waals surface area contributed by atoms with Gasteiger partial charge in [-0.2, -0.15) is 0 Å². The molecule has 0 radical (unpaired) electrons. The second-order valence-corrected chi connectivity index (χ2v) is 8.46. The molecule has 1 aliphatic rings. The average molecular weight is 440 g/mol. The van der Waals surface area contributed by atoms with E-state index in [9.17, 15) is 19.2 Å². The van der Waals surface area contributed by atoms with Gasteiger partial charge in [-0.25, -0.2) is 0 Å². The van der Waals surface area contributed by atoms with E-state index in [0.29, 0.717) is 25.8 Å². The van der Waals surface area contributed by atoms with Gasteiger partial charge < -0.3 is 32.7 Å². The molecular weight excluding hydrogens is 402 g/mol. The van der Waals surface area contributed by atoms with Gasteiger partial charge in [0, 0.05) is 13.5 Å². The van der Waals surface area contributed by atoms with Crippen molar-refractivity contribution in [3.8, 4) is 0 Å². The molecule has 0 spiro atoms. The summed E-state index contributed by atoms with van der Waals surface area (Å²) in [6.45, 7) is 5.24. The zero-order valence-corrected chi connectivity index (χ0v) is 18.7. The Morgan fingerprint density at radius 1 is 1.00 bits per heavy atom. The van der Waals surface area contributed by atoms with Crippen molar-refractivity contribution in [3.05, 3.63) is 0 Å². The minimum Gasteiger partial charge on any atom is -0.370 e. The Balaban J connectivity index is 2.96. The summed E-state index contributed by atoms with van der Waals surface area (Å²) in [7, 11) is 0. The molecule has 31 heavy (non-hydrogen) atoms. The minimum absolute atomic E-state index is 0.189. The molecule has 11 nitrogen and oxygen atoms in total. The molecule has 0 aliphatic heterocycles. The number of rotatable bonds is 11. The van der Waals surface area contributed by atoms with E-state index in [1.165, 1.54) is 6.92 Å². The molecule has 11 heteroatoms. The van der Waals surface area contributed by atoms with E-state index in [1.54, 1.807) is 13.8 Å². The number of nitrogens with one attached hydrogen (secondary N) is 5. The van der Waals surface area contributed by atoms with Crippen LogP contribution in [0.2, 0.25) is 0 Å². The van der Waals surface area contributed by atoms with Crippen LogP contribution in [0.4, 0.5) is 0 Å². The van der Waals surface area contributed by atoms with Crippen LogP contribution < -0.4 is 32.7 Å². The maximum atomic E-state index is 13.1. The number of carbonyl (C=O) groups excluding carboxylic acids is 4. The molecule has 0 bridgehead atoms. The van der Waals surface area contributed by atoms with Crippen molar-refractivity contribution in [2.45, 2.75) is 83.3 Å². The zero-order chi connectivity index (χ0) is 23.6. The quantitative estimate of drug-likeness (QED) is 0.125. The second kappa shape index (κ2) is 12.1. The fraction of sp³-hybridized carbons (Fsp3) is 0.750. The molecule has 176 valence electrons. The molecule has 1 fully saturated rings. The monoisotopic (exact) mass is 439 g/mol. The van der Waals surface area contributed by atoms with E-state index < -0.39 is 35.3 Å². The first-order valence-corrected chi connectivity index (χ1v) is 10.8. The van der Waals surface area contributed by atoms with Crippen molar-refractivity contribution in [2.24, 2.45) is 17.4 Å². The minimum atomic E-state index is -1.12. The third kappa shape index (κ3) is 8.42. The van der Waals surface area contributed by atoms with Crippen LogP contribution in [-0.2, 0) is 19.2 Å². The smallest absolute Gasteiger partial charge is 0.243 e. The van der Waals surface area contributed by atoms with Gasteiger partial charge in [0.2, 0.25) is 23.6 Å². The van der Waals surface area contributed by atoms with Gasteiger partial charge in [0.15, 0.2) is 5.96 Å². The average Bonchev–Trinajstić information content (AvgIpc) is 2.68. The van der Waals surface area contributed by atoms with Gasteiger partial charge in [-0.05, 0) is 31.6 Å². The van der Waals surface area contributed by atoms with Crippen LogP contribution in [0.5, 0.6) is 0 Å². The van der Waals surface area contributed by atoms with Crippen molar-refractivity contribution < 1.29 is 19.2 Å². The van der Waals surface area contributed by atoms with Crippen LogP contribution in [0, 0.1) is 11.3 Å². The highest BCUT2D eigenvalue weighted by Crippen LogP contribution is 2.28.